The van der Waals surface area contributed by atoms with Crippen molar-refractivity contribution in [2.75, 3.05) is 37.8 Å². The second kappa shape index (κ2) is 7.60. The van der Waals surface area contributed by atoms with Crippen LogP contribution in [0.3, 0.4) is 0 Å². The topological polar surface area (TPSA) is 66.0 Å². The highest BCUT2D eigenvalue weighted by molar-refractivity contribution is 5.54. The summed E-state index contributed by atoms with van der Waals surface area (Å²) in [6.07, 6.45) is 2.44. The first-order chi connectivity index (χ1) is 10.5. The zero-order valence-electron chi connectivity index (χ0n) is 12.5. The molecule has 2 N–H and O–H groups in total. The number of aromatic nitrogens is 3. The van der Waals surface area contributed by atoms with Gasteiger partial charge in [-0.25, -0.2) is 8.78 Å². The molecule has 0 unspecified atom stereocenters. The van der Waals surface area contributed by atoms with Crippen LogP contribution in [0.5, 0.6) is 0 Å². The van der Waals surface area contributed by atoms with Gasteiger partial charge in [0.05, 0.1) is 11.9 Å². The standard InChI is InChI=1S/C14H18F2N6/c1-22(2)7-3-6-17-13-9-18-21-14(20-13)19-12-5-4-10(15)8-11(12)16/h4-5,8-9H,3,6-7H2,1-2H3,(H2,17,19,20,21). The van der Waals surface area contributed by atoms with E-state index in [9.17, 15) is 8.78 Å². The molecule has 0 atom stereocenters. The molecule has 6 nitrogen and oxygen atoms in total. The molecule has 0 aliphatic carbocycles. The largest absolute Gasteiger partial charge is 0.369 e. The first kappa shape index (κ1) is 16.0. The molecule has 2 rings (SSSR count). The molecule has 0 saturated carbocycles. The Morgan fingerprint density at radius 2 is 2.05 bits per heavy atom. The Morgan fingerprint density at radius 3 is 2.77 bits per heavy atom. The number of benzene rings is 1. The van der Waals surface area contributed by atoms with Gasteiger partial charge in [0.25, 0.3) is 0 Å². The zero-order chi connectivity index (χ0) is 15.9. The van der Waals surface area contributed by atoms with Crippen LogP contribution in [0, 0.1) is 11.6 Å². The zero-order valence-corrected chi connectivity index (χ0v) is 12.5. The Morgan fingerprint density at radius 1 is 1.23 bits per heavy atom. The van der Waals surface area contributed by atoms with Crippen molar-refractivity contribution in [3.63, 3.8) is 0 Å². The van der Waals surface area contributed by atoms with E-state index in [0.29, 0.717) is 5.82 Å². The quantitative estimate of drug-likeness (QED) is 0.765. The van der Waals surface area contributed by atoms with E-state index in [1.165, 1.54) is 12.3 Å². The number of halogens is 2. The SMILES string of the molecule is CN(C)CCCNc1cnnc(Nc2ccc(F)cc2F)n1. The van der Waals surface area contributed by atoms with Crippen molar-refractivity contribution in [1.29, 1.82) is 0 Å². The third-order valence-electron chi connectivity index (χ3n) is 2.82. The van der Waals surface area contributed by atoms with Gasteiger partial charge in [0.2, 0.25) is 5.95 Å². The molecule has 22 heavy (non-hydrogen) atoms. The lowest BCUT2D eigenvalue weighted by molar-refractivity contribution is 0.405. The summed E-state index contributed by atoms with van der Waals surface area (Å²) >= 11 is 0. The molecule has 0 saturated heterocycles. The Bertz CT molecular complexity index is 620. The average molecular weight is 308 g/mol. The van der Waals surface area contributed by atoms with Gasteiger partial charge in [-0.1, -0.05) is 0 Å². The van der Waals surface area contributed by atoms with Crippen molar-refractivity contribution in [3.05, 3.63) is 36.0 Å². The van der Waals surface area contributed by atoms with Crippen LogP contribution in [-0.2, 0) is 0 Å². The molecular weight excluding hydrogens is 290 g/mol. The minimum atomic E-state index is -0.715. The van der Waals surface area contributed by atoms with Gasteiger partial charge in [-0.05, 0) is 39.2 Å². The van der Waals surface area contributed by atoms with Crippen molar-refractivity contribution in [1.82, 2.24) is 20.1 Å². The van der Waals surface area contributed by atoms with Crippen molar-refractivity contribution in [3.8, 4) is 0 Å². The van der Waals surface area contributed by atoms with Crippen LogP contribution in [0.15, 0.2) is 24.4 Å². The summed E-state index contributed by atoms with van der Waals surface area (Å²) < 4.78 is 26.4. The number of nitrogens with one attached hydrogen (secondary N) is 2. The summed E-state index contributed by atoms with van der Waals surface area (Å²) in [5.41, 5.74) is 0.0907. The van der Waals surface area contributed by atoms with E-state index in [-0.39, 0.29) is 11.6 Å². The predicted octanol–water partition coefficient (Wildman–Crippen LogP) is 2.26. The molecule has 0 fully saturated rings. The molecule has 0 aliphatic rings. The van der Waals surface area contributed by atoms with Crippen LogP contribution >= 0.6 is 0 Å². The highest BCUT2D eigenvalue weighted by Crippen LogP contribution is 2.18. The molecule has 0 bridgehead atoms. The Balaban J connectivity index is 1.96. The third kappa shape index (κ3) is 4.88. The summed E-state index contributed by atoms with van der Waals surface area (Å²) in [5, 5.41) is 13.4. The van der Waals surface area contributed by atoms with E-state index >= 15 is 0 Å². The van der Waals surface area contributed by atoms with Gasteiger partial charge < -0.3 is 15.5 Å². The molecule has 8 heteroatoms. The smallest absolute Gasteiger partial charge is 0.249 e. The lowest BCUT2D eigenvalue weighted by Crippen LogP contribution is -2.17. The maximum Gasteiger partial charge on any atom is 0.249 e. The fourth-order valence-electron chi connectivity index (χ4n) is 1.76. The van der Waals surface area contributed by atoms with E-state index in [1.807, 2.05) is 14.1 Å². The van der Waals surface area contributed by atoms with Crippen molar-refractivity contribution in [2.45, 2.75) is 6.42 Å². The minimum Gasteiger partial charge on any atom is -0.369 e. The Labute approximate surface area is 127 Å². The fraction of sp³-hybridized carbons (Fsp3) is 0.357. The number of anilines is 3. The lowest BCUT2D eigenvalue weighted by atomic mass is 10.3. The maximum atomic E-state index is 13.6. The molecule has 1 heterocycles. The Kier molecular flexibility index (Phi) is 5.54. The molecule has 0 aliphatic heterocycles. The first-order valence-corrected chi connectivity index (χ1v) is 6.85. The molecule has 1 aromatic carbocycles. The second-order valence-electron chi connectivity index (χ2n) is 5.00. The third-order valence-corrected chi connectivity index (χ3v) is 2.82. The first-order valence-electron chi connectivity index (χ1n) is 6.85. The van der Waals surface area contributed by atoms with Gasteiger partial charge in [-0.15, -0.1) is 5.10 Å². The second-order valence-corrected chi connectivity index (χ2v) is 5.00. The van der Waals surface area contributed by atoms with Crippen LogP contribution in [0.25, 0.3) is 0 Å². The van der Waals surface area contributed by atoms with Crippen LogP contribution in [0.1, 0.15) is 6.42 Å². The summed E-state index contributed by atoms with van der Waals surface area (Å²) in [6.45, 7) is 1.69. The molecule has 2 aromatic rings. The number of nitrogens with zero attached hydrogens (tertiary/aromatic N) is 4. The lowest BCUT2D eigenvalue weighted by Gasteiger charge is -2.10. The van der Waals surface area contributed by atoms with E-state index in [2.05, 4.69) is 30.7 Å². The van der Waals surface area contributed by atoms with Gasteiger partial charge >= 0.3 is 0 Å². The number of hydrogen-bond acceptors (Lipinski definition) is 6. The Hall–Kier alpha value is -2.35. The molecule has 118 valence electrons. The van der Waals surface area contributed by atoms with Gasteiger partial charge in [0.1, 0.15) is 11.6 Å². The molecular formula is C14H18F2N6. The fourth-order valence-corrected chi connectivity index (χ4v) is 1.76. The maximum absolute atomic E-state index is 13.6. The van der Waals surface area contributed by atoms with Crippen molar-refractivity contribution < 1.29 is 8.78 Å². The van der Waals surface area contributed by atoms with Gasteiger partial charge in [-0.2, -0.15) is 10.1 Å². The molecule has 0 spiro atoms. The van der Waals surface area contributed by atoms with E-state index in [1.54, 1.807) is 0 Å². The van der Waals surface area contributed by atoms with E-state index < -0.39 is 11.6 Å². The van der Waals surface area contributed by atoms with Crippen LogP contribution in [-0.4, -0.2) is 47.3 Å². The summed E-state index contributed by atoms with van der Waals surface area (Å²) in [6, 6.07) is 3.23. The summed E-state index contributed by atoms with van der Waals surface area (Å²) in [5.74, 6) is -0.673. The summed E-state index contributed by atoms with van der Waals surface area (Å²) in [7, 11) is 4.01. The monoisotopic (exact) mass is 308 g/mol. The van der Waals surface area contributed by atoms with Crippen LogP contribution in [0.2, 0.25) is 0 Å². The highest BCUT2D eigenvalue weighted by Gasteiger charge is 2.06. The molecule has 0 radical (unpaired) electrons. The van der Waals surface area contributed by atoms with E-state index in [4.69, 9.17) is 0 Å². The average Bonchev–Trinajstić information content (AvgIpc) is 2.47. The minimum absolute atomic E-state index is 0.0907. The van der Waals surface area contributed by atoms with Gasteiger partial charge in [0, 0.05) is 12.6 Å². The summed E-state index contributed by atoms with van der Waals surface area (Å²) in [4.78, 5) is 6.27. The van der Waals surface area contributed by atoms with Crippen LogP contribution in [0.4, 0.5) is 26.2 Å². The number of rotatable bonds is 7. The predicted molar refractivity (Wildman–Crippen MR) is 81.1 cm³/mol. The van der Waals surface area contributed by atoms with Gasteiger partial charge in [-0.3, -0.25) is 0 Å². The molecule has 1 aromatic heterocycles. The molecule has 0 amide bonds. The highest BCUT2D eigenvalue weighted by atomic mass is 19.1. The van der Waals surface area contributed by atoms with Crippen molar-refractivity contribution >= 4 is 17.5 Å². The van der Waals surface area contributed by atoms with Crippen molar-refractivity contribution in [2.24, 2.45) is 0 Å². The number of hydrogen-bond donors (Lipinski definition) is 2. The normalized spacial score (nSPS) is 10.8. The van der Waals surface area contributed by atoms with Crippen LogP contribution < -0.4 is 10.6 Å². The van der Waals surface area contributed by atoms with Gasteiger partial charge in [0.15, 0.2) is 5.82 Å². The van der Waals surface area contributed by atoms with E-state index in [0.717, 1.165) is 31.6 Å².